The van der Waals surface area contributed by atoms with E-state index in [1.165, 1.54) is 11.8 Å². The topological polar surface area (TPSA) is 73.0 Å². The normalized spacial score (nSPS) is 11.1. The van der Waals surface area contributed by atoms with Crippen molar-refractivity contribution in [3.8, 4) is 11.4 Å². The third-order valence-electron chi connectivity index (χ3n) is 4.12. The summed E-state index contributed by atoms with van der Waals surface area (Å²) in [5, 5.41) is 12.4. The first-order valence-electron chi connectivity index (χ1n) is 8.91. The Balaban J connectivity index is 1.75. The number of benzene rings is 1. The van der Waals surface area contributed by atoms with Crippen LogP contribution in [0.25, 0.3) is 11.4 Å². The molecule has 1 aromatic carbocycles. The lowest BCUT2D eigenvalue weighted by molar-refractivity contribution is -0.113. The Morgan fingerprint density at radius 1 is 1.22 bits per heavy atom. The molecule has 27 heavy (non-hydrogen) atoms. The Labute approximate surface area is 163 Å². The van der Waals surface area contributed by atoms with Crippen molar-refractivity contribution in [2.45, 2.75) is 39.4 Å². The van der Waals surface area contributed by atoms with Gasteiger partial charge in [0.15, 0.2) is 11.0 Å². The Hall–Kier alpha value is -2.54. The number of nitrogens with one attached hydrogen (secondary N) is 1. The van der Waals surface area contributed by atoms with Gasteiger partial charge in [-0.1, -0.05) is 43.8 Å². The lowest BCUT2D eigenvalue weighted by Crippen LogP contribution is -2.15. The zero-order valence-corrected chi connectivity index (χ0v) is 16.8. The second-order valence-corrected chi connectivity index (χ2v) is 7.80. The molecule has 7 heteroatoms. The molecule has 2 heterocycles. The van der Waals surface area contributed by atoms with Crippen molar-refractivity contribution >= 4 is 23.4 Å². The maximum atomic E-state index is 12.4. The first-order chi connectivity index (χ1) is 13.0. The summed E-state index contributed by atoms with van der Waals surface area (Å²) < 4.78 is 7.48. The summed E-state index contributed by atoms with van der Waals surface area (Å²) >= 11 is 1.39. The molecule has 0 unspecified atom stereocenters. The van der Waals surface area contributed by atoms with Crippen molar-refractivity contribution in [3.63, 3.8) is 0 Å². The summed E-state index contributed by atoms with van der Waals surface area (Å²) in [5.41, 5.74) is 2.80. The van der Waals surface area contributed by atoms with Crippen molar-refractivity contribution in [2.24, 2.45) is 5.92 Å². The summed E-state index contributed by atoms with van der Waals surface area (Å²) in [7, 11) is 0. The van der Waals surface area contributed by atoms with Crippen molar-refractivity contribution in [1.82, 2.24) is 14.8 Å². The van der Waals surface area contributed by atoms with Gasteiger partial charge in [-0.3, -0.25) is 4.79 Å². The number of furan rings is 1. The number of hydrogen-bond donors (Lipinski definition) is 1. The van der Waals surface area contributed by atoms with Gasteiger partial charge in [0.05, 0.1) is 17.6 Å². The highest BCUT2D eigenvalue weighted by atomic mass is 32.2. The molecule has 1 amide bonds. The Morgan fingerprint density at radius 3 is 2.67 bits per heavy atom. The number of rotatable bonds is 7. The van der Waals surface area contributed by atoms with Gasteiger partial charge in [0.1, 0.15) is 5.76 Å². The lowest BCUT2D eigenvalue weighted by Gasteiger charge is -2.12. The Kier molecular flexibility index (Phi) is 6.01. The highest BCUT2D eigenvalue weighted by molar-refractivity contribution is 7.99. The molecule has 0 atom stereocenters. The van der Waals surface area contributed by atoms with E-state index in [9.17, 15) is 4.79 Å². The molecule has 0 aliphatic carbocycles. The van der Waals surface area contributed by atoms with E-state index < -0.39 is 0 Å². The predicted octanol–water partition coefficient (Wildman–Crippen LogP) is 4.54. The van der Waals surface area contributed by atoms with Crippen molar-refractivity contribution in [2.75, 3.05) is 11.1 Å². The van der Waals surface area contributed by atoms with E-state index >= 15 is 0 Å². The first kappa shape index (κ1) is 19.2. The molecule has 0 bridgehead atoms. The third kappa shape index (κ3) is 4.60. The molecule has 0 saturated carbocycles. The molecule has 0 aliphatic heterocycles. The van der Waals surface area contributed by atoms with E-state index in [2.05, 4.69) is 33.9 Å². The molecule has 0 radical (unpaired) electrons. The van der Waals surface area contributed by atoms with E-state index in [0.717, 1.165) is 40.1 Å². The predicted molar refractivity (Wildman–Crippen MR) is 108 cm³/mol. The van der Waals surface area contributed by atoms with Gasteiger partial charge in [-0.05, 0) is 37.5 Å². The third-order valence-corrected chi connectivity index (χ3v) is 5.08. The second kappa shape index (κ2) is 8.43. The zero-order valence-electron chi connectivity index (χ0n) is 16.0. The molecule has 142 valence electrons. The molecule has 2 aromatic heterocycles. The van der Waals surface area contributed by atoms with Gasteiger partial charge in [0, 0.05) is 12.2 Å². The van der Waals surface area contributed by atoms with Gasteiger partial charge in [-0.2, -0.15) is 0 Å². The summed E-state index contributed by atoms with van der Waals surface area (Å²) in [5.74, 6) is 2.22. The molecule has 0 aliphatic rings. The van der Waals surface area contributed by atoms with Crippen LogP contribution in [0.3, 0.4) is 0 Å². The van der Waals surface area contributed by atoms with Crippen molar-refractivity contribution in [1.29, 1.82) is 0 Å². The van der Waals surface area contributed by atoms with Crippen molar-refractivity contribution in [3.05, 3.63) is 47.9 Å². The minimum Gasteiger partial charge on any atom is -0.469 e. The molecular formula is C20H24N4O2S. The molecule has 1 N–H and O–H groups in total. The first-order valence-corrected chi connectivity index (χ1v) is 9.90. The molecule has 0 fully saturated rings. The molecule has 0 spiro atoms. The maximum absolute atomic E-state index is 12.4. The Morgan fingerprint density at radius 2 is 2.00 bits per heavy atom. The highest BCUT2D eigenvalue weighted by Gasteiger charge is 2.19. The summed E-state index contributed by atoms with van der Waals surface area (Å²) in [6, 6.07) is 9.64. The van der Waals surface area contributed by atoms with Crippen LogP contribution in [0.2, 0.25) is 0 Å². The van der Waals surface area contributed by atoms with Crippen molar-refractivity contribution < 1.29 is 9.21 Å². The van der Waals surface area contributed by atoms with E-state index in [1.54, 1.807) is 6.26 Å². The molecule has 6 nitrogen and oxygen atoms in total. The Bertz CT molecular complexity index is 930. The number of aryl methyl sites for hydroxylation is 2. The van der Waals surface area contributed by atoms with Gasteiger partial charge in [0.25, 0.3) is 0 Å². The van der Waals surface area contributed by atoms with Crippen LogP contribution in [0.15, 0.2) is 46.2 Å². The fourth-order valence-electron chi connectivity index (χ4n) is 2.77. The molecule has 3 rings (SSSR count). The molecular weight excluding hydrogens is 360 g/mol. The van der Waals surface area contributed by atoms with Gasteiger partial charge < -0.3 is 14.3 Å². The maximum Gasteiger partial charge on any atom is 0.234 e. The van der Waals surface area contributed by atoms with Crippen LogP contribution in [-0.2, 0) is 11.3 Å². The fraction of sp³-hybridized carbons (Fsp3) is 0.350. The number of carbonyl (C=O) groups is 1. The standard InChI is InChI=1S/C20H24N4O2S/c1-13(2)11-24-19(16-9-10-26-15(16)4)22-23-20(24)27-12-18(25)21-17-8-6-5-7-14(17)3/h5-10,13H,11-12H2,1-4H3,(H,21,25). The van der Waals surface area contributed by atoms with Gasteiger partial charge in [-0.15, -0.1) is 10.2 Å². The summed E-state index contributed by atoms with van der Waals surface area (Å²) in [6.45, 7) is 8.94. The number of carbonyl (C=O) groups excluding carboxylic acids is 1. The second-order valence-electron chi connectivity index (χ2n) is 6.85. The van der Waals surface area contributed by atoms with Crippen LogP contribution >= 0.6 is 11.8 Å². The van der Waals surface area contributed by atoms with Crippen LogP contribution in [0, 0.1) is 19.8 Å². The lowest BCUT2D eigenvalue weighted by atomic mass is 10.2. The molecule has 3 aromatic rings. The van der Waals surface area contributed by atoms with Crippen LogP contribution in [-0.4, -0.2) is 26.4 Å². The zero-order chi connectivity index (χ0) is 19.4. The smallest absolute Gasteiger partial charge is 0.234 e. The van der Waals surface area contributed by atoms with Gasteiger partial charge >= 0.3 is 0 Å². The van der Waals surface area contributed by atoms with Crippen LogP contribution < -0.4 is 5.32 Å². The number of amides is 1. The SMILES string of the molecule is Cc1ccccc1NC(=O)CSc1nnc(-c2ccoc2C)n1CC(C)C. The summed E-state index contributed by atoms with van der Waals surface area (Å²) in [6.07, 6.45) is 1.65. The number of aromatic nitrogens is 3. The van der Waals surface area contributed by atoms with E-state index in [1.807, 2.05) is 44.2 Å². The number of nitrogens with zero attached hydrogens (tertiary/aromatic N) is 3. The monoisotopic (exact) mass is 384 g/mol. The largest absolute Gasteiger partial charge is 0.469 e. The average Bonchev–Trinajstić information content (AvgIpc) is 3.20. The van der Waals surface area contributed by atoms with Crippen LogP contribution in [0.1, 0.15) is 25.2 Å². The minimum absolute atomic E-state index is 0.0607. The number of hydrogen-bond acceptors (Lipinski definition) is 5. The van der Waals surface area contributed by atoms with E-state index in [-0.39, 0.29) is 11.7 Å². The van der Waals surface area contributed by atoms with Crippen LogP contribution in [0.5, 0.6) is 0 Å². The quantitative estimate of drug-likeness (QED) is 0.605. The highest BCUT2D eigenvalue weighted by Crippen LogP contribution is 2.28. The van der Waals surface area contributed by atoms with Gasteiger partial charge in [-0.25, -0.2) is 0 Å². The average molecular weight is 385 g/mol. The number of para-hydroxylation sites is 1. The van der Waals surface area contributed by atoms with Crippen LogP contribution in [0.4, 0.5) is 5.69 Å². The summed E-state index contributed by atoms with van der Waals surface area (Å²) in [4.78, 5) is 12.4. The molecule has 0 saturated heterocycles. The number of anilines is 1. The number of thioether (sulfide) groups is 1. The fourth-order valence-corrected chi connectivity index (χ4v) is 3.52. The van der Waals surface area contributed by atoms with E-state index in [4.69, 9.17) is 4.42 Å². The van der Waals surface area contributed by atoms with Gasteiger partial charge in [0.2, 0.25) is 5.91 Å². The minimum atomic E-state index is -0.0607. The van der Waals surface area contributed by atoms with E-state index in [0.29, 0.717) is 5.92 Å².